The highest BCUT2D eigenvalue weighted by Gasteiger charge is 2.05. The van der Waals surface area contributed by atoms with Gasteiger partial charge in [-0.05, 0) is 30.2 Å². The van der Waals surface area contributed by atoms with Gasteiger partial charge in [-0.3, -0.25) is 0 Å². The zero-order chi connectivity index (χ0) is 16.9. The van der Waals surface area contributed by atoms with Gasteiger partial charge in [0.15, 0.2) is 11.5 Å². The lowest BCUT2D eigenvalue weighted by molar-refractivity contribution is -0.134. The van der Waals surface area contributed by atoms with E-state index in [0.29, 0.717) is 18.1 Å². The number of esters is 1. The molecule has 0 aliphatic heterocycles. The van der Waals surface area contributed by atoms with Crippen LogP contribution in [0.5, 0.6) is 11.5 Å². The number of unbranched alkanes of at least 4 members (excludes halogenated alkanes) is 5. The summed E-state index contributed by atoms with van der Waals surface area (Å²) in [5, 5.41) is 0. The van der Waals surface area contributed by atoms with Crippen LogP contribution < -0.4 is 9.47 Å². The number of carbonyl (C=O) groups excluding carboxylic acids is 1. The van der Waals surface area contributed by atoms with Crippen molar-refractivity contribution in [2.45, 2.75) is 45.4 Å². The molecule has 0 aliphatic rings. The molecule has 0 spiro atoms. The highest BCUT2D eigenvalue weighted by Crippen LogP contribution is 2.28. The Hall–Kier alpha value is -1.97. The van der Waals surface area contributed by atoms with E-state index in [9.17, 15) is 4.79 Å². The molecule has 0 saturated heterocycles. The molecule has 0 heterocycles. The number of hydrogen-bond acceptors (Lipinski definition) is 4. The van der Waals surface area contributed by atoms with E-state index in [1.54, 1.807) is 13.2 Å². The van der Waals surface area contributed by atoms with Crippen LogP contribution in [0.4, 0.5) is 0 Å². The monoisotopic (exact) mass is 320 g/mol. The zero-order valence-corrected chi connectivity index (χ0v) is 14.5. The van der Waals surface area contributed by atoms with Gasteiger partial charge >= 0.3 is 5.97 Å². The van der Waals surface area contributed by atoms with Crippen LogP contribution in [0.2, 0.25) is 0 Å². The Morgan fingerprint density at radius 1 is 1.04 bits per heavy atom. The molecule has 128 valence electrons. The van der Waals surface area contributed by atoms with Crippen molar-refractivity contribution in [3.8, 4) is 11.5 Å². The second-order valence-corrected chi connectivity index (χ2v) is 5.38. The lowest BCUT2D eigenvalue weighted by atomic mass is 10.1. The van der Waals surface area contributed by atoms with E-state index < -0.39 is 0 Å². The summed E-state index contributed by atoms with van der Waals surface area (Å²) < 4.78 is 15.7. The number of hydrogen-bond donors (Lipinski definition) is 0. The van der Waals surface area contributed by atoms with Crippen LogP contribution in [0, 0.1) is 0 Å². The van der Waals surface area contributed by atoms with Crippen LogP contribution in [0.1, 0.15) is 51.0 Å². The largest absolute Gasteiger partial charge is 0.493 e. The molecule has 1 rings (SSSR count). The van der Waals surface area contributed by atoms with Crippen molar-refractivity contribution in [1.82, 2.24) is 0 Å². The number of rotatable bonds is 11. The second kappa shape index (κ2) is 11.6. The topological polar surface area (TPSA) is 44.8 Å². The van der Waals surface area contributed by atoms with Crippen molar-refractivity contribution in [3.05, 3.63) is 29.8 Å². The Bertz CT molecular complexity index is 494. The number of benzene rings is 1. The molecule has 0 atom stereocenters. The molecule has 0 saturated carbocycles. The molecular formula is C19H28O4. The highest BCUT2D eigenvalue weighted by atomic mass is 16.5. The molecule has 23 heavy (non-hydrogen) atoms. The van der Waals surface area contributed by atoms with Gasteiger partial charge in [0.25, 0.3) is 0 Å². The molecule has 0 amide bonds. The molecular weight excluding hydrogens is 292 g/mol. The van der Waals surface area contributed by atoms with E-state index in [1.807, 2.05) is 18.2 Å². The number of carbonyl (C=O) groups is 1. The average Bonchev–Trinajstić information content (AvgIpc) is 2.58. The minimum Gasteiger partial charge on any atom is -0.493 e. The number of methoxy groups -OCH3 is 2. The second-order valence-electron chi connectivity index (χ2n) is 5.38. The Kier molecular flexibility index (Phi) is 9.60. The van der Waals surface area contributed by atoms with Crippen molar-refractivity contribution < 1.29 is 19.0 Å². The summed E-state index contributed by atoms with van der Waals surface area (Å²) in [5.74, 6) is 1.02. The van der Waals surface area contributed by atoms with E-state index in [0.717, 1.165) is 12.0 Å². The van der Waals surface area contributed by atoms with Crippen molar-refractivity contribution in [2.24, 2.45) is 0 Å². The van der Waals surface area contributed by atoms with Crippen molar-refractivity contribution in [2.75, 3.05) is 20.8 Å². The molecule has 4 nitrogen and oxygen atoms in total. The standard InChI is InChI=1S/C19H28O4/c1-4-5-6-7-8-9-14-23-18-15-16(10-12-17(18)21-2)11-13-19(20)22-3/h10-13,15H,4-9,14H2,1-3H3/b13-11+. The lowest BCUT2D eigenvalue weighted by Crippen LogP contribution is -2.00. The fourth-order valence-corrected chi connectivity index (χ4v) is 2.21. The average molecular weight is 320 g/mol. The third-order valence-corrected chi connectivity index (χ3v) is 3.56. The SMILES string of the molecule is CCCCCCCCOc1cc(/C=C/C(=O)OC)ccc1OC. The summed E-state index contributed by atoms with van der Waals surface area (Å²) >= 11 is 0. The third kappa shape index (κ3) is 7.73. The predicted molar refractivity (Wildman–Crippen MR) is 92.9 cm³/mol. The first kappa shape index (κ1) is 19.1. The summed E-state index contributed by atoms with van der Waals surface area (Å²) in [6, 6.07) is 5.58. The fourth-order valence-electron chi connectivity index (χ4n) is 2.21. The van der Waals surface area contributed by atoms with Gasteiger partial charge in [0, 0.05) is 6.08 Å². The minimum absolute atomic E-state index is 0.379. The molecule has 1 aromatic carbocycles. The minimum atomic E-state index is -0.379. The maximum absolute atomic E-state index is 11.1. The quantitative estimate of drug-likeness (QED) is 0.339. The van der Waals surface area contributed by atoms with Crippen LogP contribution >= 0.6 is 0 Å². The maximum Gasteiger partial charge on any atom is 0.330 e. The molecule has 0 N–H and O–H groups in total. The van der Waals surface area contributed by atoms with Crippen molar-refractivity contribution >= 4 is 12.0 Å². The molecule has 0 aliphatic carbocycles. The van der Waals surface area contributed by atoms with Crippen LogP contribution in [0.25, 0.3) is 6.08 Å². The fraction of sp³-hybridized carbons (Fsp3) is 0.526. The maximum atomic E-state index is 11.1. The predicted octanol–water partition coefficient (Wildman–Crippen LogP) is 4.62. The van der Waals surface area contributed by atoms with E-state index in [-0.39, 0.29) is 5.97 Å². The first-order chi connectivity index (χ1) is 11.2. The molecule has 1 aromatic rings. The van der Waals surface area contributed by atoms with Crippen LogP contribution in [0.15, 0.2) is 24.3 Å². The van der Waals surface area contributed by atoms with Crippen LogP contribution in [0.3, 0.4) is 0 Å². The van der Waals surface area contributed by atoms with Crippen LogP contribution in [-0.4, -0.2) is 26.8 Å². The van der Waals surface area contributed by atoms with Crippen molar-refractivity contribution in [3.63, 3.8) is 0 Å². The van der Waals surface area contributed by atoms with Gasteiger partial charge in [0.05, 0.1) is 20.8 Å². The highest BCUT2D eigenvalue weighted by molar-refractivity contribution is 5.87. The summed E-state index contributed by atoms with van der Waals surface area (Å²) in [6.45, 7) is 2.89. The van der Waals surface area contributed by atoms with Gasteiger partial charge in [-0.1, -0.05) is 45.1 Å². The van der Waals surface area contributed by atoms with E-state index in [4.69, 9.17) is 9.47 Å². The summed E-state index contributed by atoms with van der Waals surface area (Å²) in [7, 11) is 2.98. The Morgan fingerprint density at radius 2 is 1.78 bits per heavy atom. The molecule has 4 heteroatoms. The third-order valence-electron chi connectivity index (χ3n) is 3.56. The smallest absolute Gasteiger partial charge is 0.330 e. The molecule has 0 aromatic heterocycles. The normalized spacial score (nSPS) is 10.7. The van der Waals surface area contributed by atoms with E-state index in [2.05, 4.69) is 11.7 Å². The van der Waals surface area contributed by atoms with Gasteiger partial charge in [-0.15, -0.1) is 0 Å². The van der Waals surface area contributed by atoms with Crippen LogP contribution in [-0.2, 0) is 9.53 Å². The summed E-state index contributed by atoms with van der Waals surface area (Å²) in [4.78, 5) is 11.1. The van der Waals surface area contributed by atoms with E-state index in [1.165, 1.54) is 45.3 Å². The number of ether oxygens (including phenoxy) is 3. The Morgan fingerprint density at radius 3 is 2.48 bits per heavy atom. The lowest BCUT2D eigenvalue weighted by Gasteiger charge is -2.11. The van der Waals surface area contributed by atoms with Gasteiger partial charge in [-0.2, -0.15) is 0 Å². The Balaban J connectivity index is 2.51. The first-order valence-electron chi connectivity index (χ1n) is 8.28. The van der Waals surface area contributed by atoms with Gasteiger partial charge in [0.2, 0.25) is 0 Å². The molecule has 0 radical (unpaired) electrons. The zero-order valence-electron chi connectivity index (χ0n) is 14.5. The first-order valence-corrected chi connectivity index (χ1v) is 8.28. The molecule has 0 unspecified atom stereocenters. The molecule has 0 fully saturated rings. The van der Waals surface area contributed by atoms with Crippen molar-refractivity contribution in [1.29, 1.82) is 0 Å². The van der Waals surface area contributed by atoms with E-state index >= 15 is 0 Å². The molecule has 0 bridgehead atoms. The van der Waals surface area contributed by atoms with Gasteiger partial charge < -0.3 is 14.2 Å². The Labute approximate surface area is 139 Å². The summed E-state index contributed by atoms with van der Waals surface area (Å²) in [5.41, 5.74) is 0.870. The van der Waals surface area contributed by atoms with Gasteiger partial charge in [0.1, 0.15) is 0 Å². The summed E-state index contributed by atoms with van der Waals surface area (Å²) in [6.07, 6.45) is 10.4. The van der Waals surface area contributed by atoms with Gasteiger partial charge in [-0.25, -0.2) is 4.79 Å².